The lowest BCUT2D eigenvalue weighted by atomic mass is 9.97. The molecule has 0 atom stereocenters. The van der Waals surface area contributed by atoms with E-state index in [1.165, 1.54) is 42.4 Å². The SMILES string of the molecule is c1ccc(-c2ccccc2N(c2cccc(-c3ccccc3N(c3ccc4c(c3)sc3ccccc34)c3ccccc3-c3ccccc3)c2)c2ccccc2-c2ccccc2)cc1. The smallest absolute Gasteiger partial charge is 0.0540 e. The Hall–Kier alpha value is -7.98. The maximum absolute atomic E-state index is 2.46. The Morgan fingerprint density at radius 3 is 1.10 bits per heavy atom. The fourth-order valence-electron chi connectivity index (χ4n) is 8.99. The van der Waals surface area contributed by atoms with E-state index in [-0.39, 0.29) is 0 Å². The molecule has 0 amide bonds. The quantitative estimate of drug-likeness (QED) is 0.136. The highest BCUT2D eigenvalue weighted by Gasteiger charge is 2.24. The van der Waals surface area contributed by atoms with E-state index in [9.17, 15) is 0 Å². The first-order chi connectivity index (χ1) is 31.3. The highest BCUT2D eigenvalue weighted by atomic mass is 32.1. The van der Waals surface area contributed by atoms with E-state index in [1.54, 1.807) is 0 Å². The Morgan fingerprint density at radius 1 is 0.238 bits per heavy atom. The molecule has 10 aromatic carbocycles. The van der Waals surface area contributed by atoms with E-state index >= 15 is 0 Å². The van der Waals surface area contributed by atoms with Crippen LogP contribution in [0.1, 0.15) is 0 Å². The summed E-state index contributed by atoms with van der Waals surface area (Å²) in [6, 6.07) is 92.1. The zero-order valence-electron chi connectivity index (χ0n) is 34.6. The first kappa shape index (κ1) is 38.0. The van der Waals surface area contributed by atoms with Crippen molar-refractivity contribution in [2.75, 3.05) is 9.80 Å². The van der Waals surface area contributed by atoms with Crippen molar-refractivity contribution in [1.29, 1.82) is 0 Å². The Labute approximate surface area is 372 Å². The second-order valence-electron chi connectivity index (χ2n) is 15.7. The number of para-hydroxylation sites is 4. The summed E-state index contributed by atoms with van der Waals surface area (Å²) in [5.41, 5.74) is 15.8. The van der Waals surface area contributed by atoms with Gasteiger partial charge in [-0.1, -0.05) is 200 Å². The molecule has 2 nitrogen and oxygen atoms in total. The lowest BCUT2D eigenvalue weighted by Gasteiger charge is -2.31. The van der Waals surface area contributed by atoms with Gasteiger partial charge >= 0.3 is 0 Å². The van der Waals surface area contributed by atoms with Crippen LogP contribution in [0.5, 0.6) is 0 Å². The highest BCUT2D eigenvalue weighted by molar-refractivity contribution is 7.25. The molecule has 0 saturated carbocycles. The zero-order valence-corrected chi connectivity index (χ0v) is 35.4. The van der Waals surface area contributed by atoms with Gasteiger partial charge in [0.25, 0.3) is 0 Å². The molecule has 0 saturated heterocycles. The molecule has 0 unspecified atom stereocenters. The summed E-state index contributed by atoms with van der Waals surface area (Å²) in [5.74, 6) is 0. The summed E-state index contributed by atoms with van der Waals surface area (Å²) in [4.78, 5) is 4.90. The Morgan fingerprint density at radius 2 is 0.603 bits per heavy atom. The van der Waals surface area contributed by atoms with Gasteiger partial charge in [0.05, 0.1) is 22.7 Å². The molecule has 0 N–H and O–H groups in total. The van der Waals surface area contributed by atoms with Crippen molar-refractivity contribution >= 4 is 65.6 Å². The lowest BCUT2D eigenvalue weighted by molar-refractivity contribution is 1.28. The molecular weight excluding hydrogens is 781 g/mol. The van der Waals surface area contributed by atoms with Crippen molar-refractivity contribution in [3.05, 3.63) is 255 Å². The third-order valence-corrected chi connectivity index (χ3v) is 13.0. The maximum Gasteiger partial charge on any atom is 0.0540 e. The summed E-state index contributed by atoms with van der Waals surface area (Å²) >= 11 is 1.85. The molecular formula is C60H42N2S. The van der Waals surface area contributed by atoms with Gasteiger partial charge in [0, 0.05) is 53.8 Å². The number of hydrogen-bond acceptors (Lipinski definition) is 3. The van der Waals surface area contributed by atoms with Crippen molar-refractivity contribution in [1.82, 2.24) is 0 Å². The number of anilines is 6. The van der Waals surface area contributed by atoms with Gasteiger partial charge in [-0.3, -0.25) is 0 Å². The van der Waals surface area contributed by atoms with Crippen LogP contribution in [-0.4, -0.2) is 0 Å². The molecule has 0 spiro atoms. The van der Waals surface area contributed by atoms with Gasteiger partial charge in [0.2, 0.25) is 0 Å². The van der Waals surface area contributed by atoms with E-state index in [4.69, 9.17) is 0 Å². The number of fused-ring (bicyclic) bond motifs is 3. The number of benzene rings is 10. The third-order valence-electron chi connectivity index (χ3n) is 11.9. The van der Waals surface area contributed by atoms with Crippen LogP contribution in [0.3, 0.4) is 0 Å². The van der Waals surface area contributed by atoms with E-state index in [2.05, 4.69) is 265 Å². The van der Waals surface area contributed by atoms with Crippen LogP contribution in [0.4, 0.5) is 34.1 Å². The first-order valence-electron chi connectivity index (χ1n) is 21.4. The molecule has 0 bridgehead atoms. The van der Waals surface area contributed by atoms with Crippen LogP contribution in [0.25, 0.3) is 64.7 Å². The minimum absolute atomic E-state index is 1.07. The normalized spacial score (nSPS) is 11.2. The van der Waals surface area contributed by atoms with Crippen molar-refractivity contribution in [2.45, 2.75) is 0 Å². The molecule has 298 valence electrons. The topological polar surface area (TPSA) is 6.48 Å². The predicted molar refractivity (Wildman–Crippen MR) is 270 cm³/mol. The van der Waals surface area contributed by atoms with Crippen molar-refractivity contribution in [3.63, 3.8) is 0 Å². The van der Waals surface area contributed by atoms with Gasteiger partial charge in [-0.25, -0.2) is 0 Å². The average molecular weight is 823 g/mol. The zero-order chi connectivity index (χ0) is 42.0. The summed E-state index contributed by atoms with van der Waals surface area (Å²) in [5, 5.41) is 2.58. The summed E-state index contributed by atoms with van der Waals surface area (Å²) in [6.07, 6.45) is 0. The number of rotatable bonds is 10. The summed E-state index contributed by atoms with van der Waals surface area (Å²) in [7, 11) is 0. The van der Waals surface area contributed by atoms with Crippen LogP contribution in [-0.2, 0) is 0 Å². The molecule has 1 aromatic heterocycles. The van der Waals surface area contributed by atoms with Gasteiger partial charge in [-0.05, 0) is 76.9 Å². The first-order valence-corrected chi connectivity index (χ1v) is 22.2. The van der Waals surface area contributed by atoms with E-state index in [0.29, 0.717) is 0 Å². The standard InChI is InChI=1S/C60H42N2S/c1-4-21-43(22-5-1)49-29-10-15-34-55(49)61(56-35-16-11-30-50(56)44-23-6-2-7-24-44)47-28-20-27-46(41-47)52-32-13-18-37-58(52)62(57-36-17-12-31-51(57)45-25-8-3-9-26-45)48-39-40-54-53-33-14-19-38-59(53)63-60(54)42-48/h1-42H. The summed E-state index contributed by atoms with van der Waals surface area (Å²) < 4.78 is 2.56. The maximum atomic E-state index is 2.46. The van der Waals surface area contributed by atoms with E-state index in [0.717, 1.165) is 56.4 Å². The number of nitrogens with zero attached hydrogens (tertiary/aromatic N) is 2. The van der Waals surface area contributed by atoms with Gasteiger partial charge in [-0.2, -0.15) is 0 Å². The molecule has 11 aromatic rings. The van der Waals surface area contributed by atoms with Crippen molar-refractivity contribution in [3.8, 4) is 44.5 Å². The van der Waals surface area contributed by atoms with Crippen molar-refractivity contribution in [2.24, 2.45) is 0 Å². The Kier molecular flexibility index (Phi) is 10.1. The monoisotopic (exact) mass is 822 g/mol. The third kappa shape index (κ3) is 7.25. The van der Waals surface area contributed by atoms with Crippen LogP contribution in [0, 0.1) is 0 Å². The van der Waals surface area contributed by atoms with Crippen LogP contribution in [0.15, 0.2) is 255 Å². The number of thiophene rings is 1. The van der Waals surface area contributed by atoms with Gasteiger partial charge in [-0.15, -0.1) is 11.3 Å². The molecule has 1 heterocycles. The van der Waals surface area contributed by atoms with Crippen LogP contribution >= 0.6 is 11.3 Å². The summed E-state index contributed by atoms with van der Waals surface area (Å²) in [6.45, 7) is 0. The molecule has 63 heavy (non-hydrogen) atoms. The Bertz CT molecular complexity index is 3270. The van der Waals surface area contributed by atoms with Crippen LogP contribution < -0.4 is 9.80 Å². The van der Waals surface area contributed by atoms with Crippen molar-refractivity contribution < 1.29 is 0 Å². The molecule has 0 aliphatic heterocycles. The van der Waals surface area contributed by atoms with Gasteiger partial charge in [0.15, 0.2) is 0 Å². The van der Waals surface area contributed by atoms with Gasteiger partial charge < -0.3 is 9.80 Å². The fourth-order valence-corrected chi connectivity index (χ4v) is 10.1. The van der Waals surface area contributed by atoms with Gasteiger partial charge in [0.1, 0.15) is 0 Å². The predicted octanol–water partition coefficient (Wildman–Crippen LogP) is 17.7. The minimum Gasteiger partial charge on any atom is -0.309 e. The fraction of sp³-hybridized carbons (Fsp3) is 0. The highest BCUT2D eigenvalue weighted by Crippen LogP contribution is 2.49. The number of hydrogen-bond donors (Lipinski definition) is 0. The van der Waals surface area contributed by atoms with Crippen LogP contribution in [0.2, 0.25) is 0 Å². The van der Waals surface area contributed by atoms with E-state index < -0.39 is 0 Å². The second-order valence-corrected chi connectivity index (χ2v) is 16.8. The molecule has 11 rings (SSSR count). The minimum atomic E-state index is 1.07. The molecule has 0 radical (unpaired) electrons. The molecule has 0 aliphatic carbocycles. The molecule has 3 heteroatoms. The van der Waals surface area contributed by atoms with E-state index in [1.807, 2.05) is 11.3 Å². The Balaban J connectivity index is 1.12. The largest absolute Gasteiger partial charge is 0.309 e. The average Bonchev–Trinajstić information content (AvgIpc) is 3.74. The molecule has 0 aliphatic rings. The molecule has 0 fully saturated rings. The lowest BCUT2D eigenvalue weighted by Crippen LogP contribution is -2.13. The second kappa shape index (κ2) is 16.8.